The average molecular weight is 331 g/mol. The van der Waals surface area contributed by atoms with Crippen LogP contribution in [0.15, 0.2) is 4.52 Å². The fourth-order valence-corrected chi connectivity index (χ4v) is 4.68. The van der Waals surface area contributed by atoms with Gasteiger partial charge in [0, 0.05) is 10.8 Å². The number of carbonyl (C=O) groups is 1. The van der Waals surface area contributed by atoms with Gasteiger partial charge in [-0.3, -0.25) is 4.79 Å². The molecule has 23 heavy (non-hydrogen) atoms. The number of anilines is 1. The number of nitrogens with one attached hydrogen (secondary N) is 1. The van der Waals surface area contributed by atoms with Gasteiger partial charge >= 0.3 is 0 Å². The summed E-state index contributed by atoms with van der Waals surface area (Å²) in [4.78, 5) is 18.3. The Hall–Kier alpha value is -1.69. The van der Waals surface area contributed by atoms with Crippen LogP contribution in [0.25, 0.3) is 11.5 Å². The van der Waals surface area contributed by atoms with Crippen molar-refractivity contribution in [1.29, 1.82) is 0 Å². The smallest absolute Gasteiger partial charge is 0.261 e. The van der Waals surface area contributed by atoms with Crippen LogP contribution in [0, 0.1) is 18.3 Å². The Bertz CT molecular complexity index is 775. The zero-order valence-corrected chi connectivity index (χ0v) is 14.5. The Balaban J connectivity index is 1.71. The second-order valence-electron chi connectivity index (χ2n) is 7.30. The van der Waals surface area contributed by atoms with Crippen molar-refractivity contribution in [2.45, 2.75) is 52.9 Å². The van der Waals surface area contributed by atoms with Crippen molar-refractivity contribution in [1.82, 2.24) is 10.1 Å². The molecule has 1 unspecified atom stereocenters. The second kappa shape index (κ2) is 5.16. The van der Waals surface area contributed by atoms with Crippen LogP contribution in [0.4, 0.5) is 5.00 Å². The van der Waals surface area contributed by atoms with Crippen molar-refractivity contribution in [2.75, 3.05) is 5.32 Å². The van der Waals surface area contributed by atoms with Crippen molar-refractivity contribution < 1.29 is 9.32 Å². The molecule has 2 aliphatic carbocycles. The minimum Gasteiger partial charge on any atom is -0.334 e. The predicted molar refractivity (Wildman–Crippen MR) is 89.5 cm³/mol. The maximum atomic E-state index is 12.5. The first-order valence-electron chi connectivity index (χ1n) is 8.22. The van der Waals surface area contributed by atoms with E-state index in [1.54, 1.807) is 11.3 Å². The molecule has 2 heterocycles. The predicted octanol–water partition coefficient (Wildman–Crippen LogP) is 3.97. The van der Waals surface area contributed by atoms with Gasteiger partial charge in [0.05, 0.1) is 5.56 Å². The van der Waals surface area contributed by atoms with Crippen LogP contribution in [0.2, 0.25) is 0 Å². The van der Waals surface area contributed by atoms with Gasteiger partial charge in [0.15, 0.2) is 5.82 Å². The van der Waals surface area contributed by atoms with E-state index in [1.165, 1.54) is 23.3 Å². The SMILES string of the molecule is Cc1noc(-c2c(NC(=O)C3CC3(C)C)sc3c2CCCC3)n1. The van der Waals surface area contributed by atoms with Gasteiger partial charge in [0.1, 0.15) is 5.00 Å². The largest absolute Gasteiger partial charge is 0.334 e. The average Bonchev–Trinajstić information content (AvgIpc) is 2.84. The summed E-state index contributed by atoms with van der Waals surface area (Å²) >= 11 is 1.68. The minimum atomic E-state index is 0.110. The van der Waals surface area contributed by atoms with Crippen LogP contribution in [-0.2, 0) is 17.6 Å². The lowest BCUT2D eigenvalue weighted by Crippen LogP contribution is -2.16. The van der Waals surface area contributed by atoms with E-state index in [2.05, 4.69) is 29.3 Å². The number of nitrogens with zero attached hydrogens (tertiary/aromatic N) is 2. The summed E-state index contributed by atoms with van der Waals surface area (Å²) in [5, 5.41) is 7.95. The van der Waals surface area contributed by atoms with E-state index in [4.69, 9.17) is 4.52 Å². The van der Waals surface area contributed by atoms with Crippen LogP contribution in [0.3, 0.4) is 0 Å². The zero-order valence-electron chi connectivity index (χ0n) is 13.7. The number of aryl methyl sites for hydroxylation is 2. The third-order valence-electron chi connectivity index (χ3n) is 4.98. The first-order valence-corrected chi connectivity index (χ1v) is 9.03. The molecule has 0 spiro atoms. The molecule has 1 atom stereocenters. The lowest BCUT2D eigenvalue weighted by atomic mass is 9.95. The van der Waals surface area contributed by atoms with Crippen LogP contribution < -0.4 is 5.32 Å². The number of hydrogen-bond donors (Lipinski definition) is 1. The van der Waals surface area contributed by atoms with Gasteiger partial charge in [-0.05, 0) is 50.0 Å². The van der Waals surface area contributed by atoms with Crippen molar-refractivity contribution in [3.8, 4) is 11.5 Å². The number of carbonyl (C=O) groups excluding carboxylic acids is 1. The Morgan fingerprint density at radius 2 is 2.09 bits per heavy atom. The number of amides is 1. The molecule has 0 bridgehead atoms. The van der Waals surface area contributed by atoms with E-state index in [0.29, 0.717) is 11.7 Å². The van der Waals surface area contributed by atoms with Crippen LogP contribution in [-0.4, -0.2) is 16.0 Å². The number of thiophene rings is 1. The molecule has 2 aliphatic rings. The molecule has 6 heteroatoms. The fraction of sp³-hybridized carbons (Fsp3) is 0.588. The molecule has 0 saturated heterocycles. The summed E-state index contributed by atoms with van der Waals surface area (Å²) in [6, 6.07) is 0. The highest BCUT2D eigenvalue weighted by atomic mass is 32.1. The van der Waals surface area contributed by atoms with E-state index in [0.717, 1.165) is 29.8 Å². The molecule has 0 radical (unpaired) electrons. The summed E-state index contributed by atoms with van der Waals surface area (Å²) in [6.45, 7) is 6.09. The molecule has 1 saturated carbocycles. The highest BCUT2D eigenvalue weighted by Gasteiger charge is 2.50. The minimum absolute atomic E-state index is 0.110. The van der Waals surface area contributed by atoms with Gasteiger partial charge in [-0.1, -0.05) is 19.0 Å². The highest BCUT2D eigenvalue weighted by molar-refractivity contribution is 7.17. The lowest BCUT2D eigenvalue weighted by molar-refractivity contribution is -0.117. The Morgan fingerprint density at radius 3 is 2.74 bits per heavy atom. The van der Waals surface area contributed by atoms with Gasteiger partial charge in [-0.25, -0.2) is 0 Å². The number of fused-ring (bicyclic) bond motifs is 1. The van der Waals surface area contributed by atoms with Gasteiger partial charge in [0.2, 0.25) is 5.91 Å². The van der Waals surface area contributed by atoms with E-state index in [1.807, 2.05) is 6.92 Å². The summed E-state index contributed by atoms with van der Waals surface area (Å²) in [6.07, 6.45) is 5.43. The molecule has 5 nitrogen and oxygen atoms in total. The molecular weight excluding hydrogens is 310 g/mol. The Kier molecular flexibility index (Phi) is 3.34. The van der Waals surface area contributed by atoms with E-state index >= 15 is 0 Å². The van der Waals surface area contributed by atoms with Crippen LogP contribution in [0.5, 0.6) is 0 Å². The second-order valence-corrected chi connectivity index (χ2v) is 8.40. The zero-order chi connectivity index (χ0) is 16.2. The topological polar surface area (TPSA) is 68.0 Å². The van der Waals surface area contributed by atoms with E-state index < -0.39 is 0 Å². The molecule has 2 aromatic rings. The molecular formula is C17H21N3O2S. The monoisotopic (exact) mass is 331 g/mol. The third-order valence-corrected chi connectivity index (χ3v) is 6.19. The lowest BCUT2D eigenvalue weighted by Gasteiger charge is -2.11. The maximum Gasteiger partial charge on any atom is 0.261 e. The third kappa shape index (κ3) is 2.59. The standard InChI is InChI=1S/C17H21N3O2S/c1-9-18-15(22-20-9)13-10-6-4-5-7-12(10)23-16(13)19-14(21)11-8-17(11,2)3/h11H,4-8H2,1-3H3,(H,19,21). The van der Waals surface area contributed by atoms with Gasteiger partial charge < -0.3 is 9.84 Å². The molecule has 1 fully saturated rings. The van der Waals surface area contributed by atoms with Crippen molar-refractivity contribution in [3.63, 3.8) is 0 Å². The molecule has 0 aromatic carbocycles. The summed E-state index contributed by atoms with van der Waals surface area (Å²) in [7, 11) is 0. The van der Waals surface area contributed by atoms with Crippen LogP contribution in [0.1, 0.15) is 49.4 Å². The molecule has 122 valence electrons. The molecule has 0 aliphatic heterocycles. The van der Waals surface area contributed by atoms with Gasteiger partial charge in [-0.2, -0.15) is 4.98 Å². The van der Waals surface area contributed by atoms with Crippen molar-refractivity contribution in [2.24, 2.45) is 11.3 Å². The number of rotatable bonds is 3. The number of hydrogen-bond acceptors (Lipinski definition) is 5. The quantitative estimate of drug-likeness (QED) is 0.924. The summed E-state index contributed by atoms with van der Waals surface area (Å²) in [5.41, 5.74) is 2.37. The van der Waals surface area contributed by atoms with Crippen molar-refractivity contribution in [3.05, 3.63) is 16.3 Å². The Labute approximate surface area is 139 Å². The molecule has 4 rings (SSSR count). The number of aromatic nitrogens is 2. The van der Waals surface area contributed by atoms with Gasteiger partial charge in [0.25, 0.3) is 5.89 Å². The molecule has 1 amide bonds. The van der Waals surface area contributed by atoms with E-state index in [9.17, 15) is 4.79 Å². The summed E-state index contributed by atoms with van der Waals surface area (Å²) < 4.78 is 5.41. The molecule has 2 aromatic heterocycles. The van der Waals surface area contributed by atoms with E-state index in [-0.39, 0.29) is 17.2 Å². The Morgan fingerprint density at radius 1 is 1.35 bits per heavy atom. The first-order chi connectivity index (χ1) is 11.0. The normalized spacial score (nSPS) is 21.8. The fourth-order valence-electron chi connectivity index (χ4n) is 3.39. The van der Waals surface area contributed by atoms with Crippen LogP contribution >= 0.6 is 11.3 Å². The first kappa shape index (κ1) is 14.9. The maximum absolute atomic E-state index is 12.5. The van der Waals surface area contributed by atoms with Gasteiger partial charge in [-0.15, -0.1) is 11.3 Å². The summed E-state index contributed by atoms with van der Waals surface area (Å²) in [5.74, 6) is 1.38. The highest BCUT2D eigenvalue weighted by Crippen LogP contribution is 2.53. The molecule has 1 N–H and O–H groups in total. The van der Waals surface area contributed by atoms with Crippen molar-refractivity contribution >= 4 is 22.2 Å².